The van der Waals surface area contributed by atoms with E-state index in [0.29, 0.717) is 0 Å². The summed E-state index contributed by atoms with van der Waals surface area (Å²) < 4.78 is 10.6. The molecule has 1 aliphatic rings. The monoisotopic (exact) mass is 368 g/mol. The molecule has 1 unspecified atom stereocenters. The fraction of sp³-hybridized carbons (Fsp3) is 0.286. The SMILES string of the molecule is O=C(O)C1CCC1(C(=O)OCc1ccccc1)C(=O)OCc1ccccc1. The lowest BCUT2D eigenvalue weighted by Gasteiger charge is -2.42. The maximum absolute atomic E-state index is 12.7. The Labute approximate surface area is 156 Å². The Bertz CT molecular complexity index is 760. The van der Waals surface area contributed by atoms with Crippen LogP contribution in [-0.4, -0.2) is 23.0 Å². The van der Waals surface area contributed by atoms with Gasteiger partial charge >= 0.3 is 17.9 Å². The van der Waals surface area contributed by atoms with Gasteiger partial charge in [0.25, 0.3) is 0 Å². The van der Waals surface area contributed by atoms with Crippen molar-refractivity contribution in [2.75, 3.05) is 0 Å². The van der Waals surface area contributed by atoms with Crippen molar-refractivity contribution < 1.29 is 29.0 Å². The first-order chi connectivity index (χ1) is 13.0. The first-order valence-corrected chi connectivity index (χ1v) is 8.69. The van der Waals surface area contributed by atoms with Gasteiger partial charge in [-0.3, -0.25) is 14.4 Å². The smallest absolute Gasteiger partial charge is 0.324 e. The molecule has 0 radical (unpaired) electrons. The second-order valence-electron chi connectivity index (χ2n) is 6.52. The van der Waals surface area contributed by atoms with E-state index in [-0.39, 0.29) is 26.1 Å². The van der Waals surface area contributed by atoms with E-state index >= 15 is 0 Å². The van der Waals surface area contributed by atoms with Crippen molar-refractivity contribution in [2.45, 2.75) is 26.1 Å². The number of benzene rings is 2. The maximum atomic E-state index is 12.7. The van der Waals surface area contributed by atoms with Crippen LogP contribution in [0, 0.1) is 11.3 Å². The fourth-order valence-electron chi connectivity index (χ4n) is 3.19. The second kappa shape index (κ2) is 8.03. The summed E-state index contributed by atoms with van der Waals surface area (Å²) in [4.78, 5) is 36.9. The van der Waals surface area contributed by atoms with Crippen LogP contribution in [0.1, 0.15) is 24.0 Å². The summed E-state index contributed by atoms with van der Waals surface area (Å²) in [7, 11) is 0. The molecule has 1 saturated carbocycles. The van der Waals surface area contributed by atoms with Gasteiger partial charge in [0, 0.05) is 0 Å². The van der Waals surface area contributed by atoms with Gasteiger partial charge in [0.2, 0.25) is 0 Å². The molecule has 0 aromatic heterocycles. The van der Waals surface area contributed by atoms with Crippen LogP contribution >= 0.6 is 0 Å². The van der Waals surface area contributed by atoms with E-state index in [9.17, 15) is 19.5 Å². The molecule has 1 N–H and O–H groups in total. The molecule has 3 rings (SSSR count). The number of hydrogen-bond donors (Lipinski definition) is 1. The molecule has 1 atom stereocenters. The first kappa shape index (κ1) is 18.6. The highest BCUT2D eigenvalue weighted by Gasteiger charge is 2.64. The van der Waals surface area contributed by atoms with E-state index in [1.807, 2.05) is 12.1 Å². The zero-order valence-electron chi connectivity index (χ0n) is 14.7. The highest BCUT2D eigenvalue weighted by molar-refractivity contribution is 6.05. The van der Waals surface area contributed by atoms with Crippen LogP contribution < -0.4 is 0 Å². The summed E-state index contributed by atoms with van der Waals surface area (Å²) in [5, 5.41) is 9.42. The topological polar surface area (TPSA) is 89.9 Å². The molecular weight excluding hydrogens is 348 g/mol. The Morgan fingerprint density at radius 1 is 0.852 bits per heavy atom. The summed E-state index contributed by atoms with van der Waals surface area (Å²) >= 11 is 0. The minimum absolute atomic E-state index is 0.0280. The number of carbonyl (C=O) groups excluding carboxylic acids is 2. The Kier molecular flexibility index (Phi) is 5.54. The van der Waals surface area contributed by atoms with Gasteiger partial charge in [-0.15, -0.1) is 0 Å². The zero-order chi connectivity index (χ0) is 19.3. The van der Waals surface area contributed by atoms with Crippen molar-refractivity contribution >= 4 is 17.9 Å². The number of carboxylic acid groups (broad SMARTS) is 1. The summed E-state index contributed by atoms with van der Waals surface area (Å²) in [5.74, 6) is -4.02. The van der Waals surface area contributed by atoms with Crippen molar-refractivity contribution in [3.8, 4) is 0 Å². The van der Waals surface area contributed by atoms with Crippen molar-refractivity contribution in [3.63, 3.8) is 0 Å². The molecule has 6 heteroatoms. The van der Waals surface area contributed by atoms with Crippen molar-refractivity contribution in [2.24, 2.45) is 11.3 Å². The summed E-state index contributed by atoms with van der Waals surface area (Å²) in [6, 6.07) is 18.0. The number of esters is 2. The van der Waals surface area contributed by atoms with Crippen LogP contribution in [0.5, 0.6) is 0 Å². The lowest BCUT2D eigenvalue weighted by atomic mass is 9.59. The van der Waals surface area contributed by atoms with Crippen LogP contribution in [0.2, 0.25) is 0 Å². The predicted molar refractivity (Wildman–Crippen MR) is 95.3 cm³/mol. The molecule has 0 bridgehead atoms. The number of carboxylic acids is 1. The summed E-state index contributed by atoms with van der Waals surface area (Å²) in [5.41, 5.74) is -0.273. The van der Waals surface area contributed by atoms with E-state index in [1.54, 1.807) is 48.5 Å². The highest BCUT2D eigenvalue weighted by Crippen LogP contribution is 2.49. The van der Waals surface area contributed by atoms with Gasteiger partial charge in [-0.2, -0.15) is 0 Å². The summed E-state index contributed by atoms with van der Waals surface area (Å²) in [6.07, 6.45) is 0.335. The first-order valence-electron chi connectivity index (χ1n) is 8.69. The van der Waals surface area contributed by atoms with E-state index in [0.717, 1.165) is 11.1 Å². The number of carbonyl (C=O) groups is 3. The molecule has 6 nitrogen and oxygen atoms in total. The number of rotatable bonds is 7. The molecule has 0 heterocycles. The third-order valence-corrected chi connectivity index (χ3v) is 4.87. The molecule has 2 aromatic rings. The molecule has 1 aliphatic carbocycles. The van der Waals surface area contributed by atoms with E-state index < -0.39 is 29.2 Å². The molecule has 2 aromatic carbocycles. The van der Waals surface area contributed by atoms with Crippen LogP contribution in [0.15, 0.2) is 60.7 Å². The Morgan fingerprint density at radius 2 is 1.30 bits per heavy atom. The number of ether oxygens (including phenoxy) is 2. The van der Waals surface area contributed by atoms with Crippen LogP contribution in [0.25, 0.3) is 0 Å². The van der Waals surface area contributed by atoms with Gasteiger partial charge in [0.05, 0.1) is 5.92 Å². The van der Waals surface area contributed by atoms with E-state index in [1.165, 1.54) is 0 Å². The van der Waals surface area contributed by atoms with Gasteiger partial charge in [-0.05, 0) is 24.0 Å². The Hall–Kier alpha value is -3.15. The summed E-state index contributed by atoms with van der Waals surface area (Å²) in [6.45, 7) is -0.0561. The van der Waals surface area contributed by atoms with Crippen molar-refractivity contribution in [1.29, 1.82) is 0 Å². The average Bonchev–Trinajstić information content (AvgIpc) is 2.65. The van der Waals surface area contributed by atoms with Crippen molar-refractivity contribution in [1.82, 2.24) is 0 Å². The molecule has 27 heavy (non-hydrogen) atoms. The van der Waals surface area contributed by atoms with Gasteiger partial charge in [-0.1, -0.05) is 60.7 Å². The minimum Gasteiger partial charge on any atom is -0.481 e. The highest BCUT2D eigenvalue weighted by atomic mass is 16.6. The zero-order valence-corrected chi connectivity index (χ0v) is 14.7. The molecule has 0 spiro atoms. The van der Waals surface area contributed by atoms with E-state index in [2.05, 4.69) is 0 Å². The lowest BCUT2D eigenvalue weighted by Crippen LogP contribution is -2.56. The van der Waals surface area contributed by atoms with Gasteiger partial charge in [0.1, 0.15) is 13.2 Å². The maximum Gasteiger partial charge on any atom is 0.324 e. The third-order valence-electron chi connectivity index (χ3n) is 4.87. The van der Waals surface area contributed by atoms with Crippen LogP contribution in [-0.2, 0) is 37.1 Å². The minimum atomic E-state index is -1.78. The molecule has 1 fully saturated rings. The largest absolute Gasteiger partial charge is 0.481 e. The van der Waals surface area contributed by atoms with Crippen LogP contribution in [0.4, 0.5) is 0 Å². The standard InChI is InChI=1S/C21H20O6/c22-18(23)17-11-12-21(17,19(24)26-13-15-7-3-1-4-8-15)20(25)27-14-16-9-5-2-6-10-16/h1-10,17H,11-14H2,(H,22,23). The van der Waals surface area contributed by atoms with E-state index in [4.69, 9.17) is 9.47 Å². The third kappa shape index (κ3) is 3.84. The predicted octanol–water partition coefficient (Wildman–Crippen LogP) is 2.95. The number of aliphatic carboxylic acids is 1. The Balaban J connectivity index is 1.72. The quantitative estimate of drug-likeness (QED) is 0.597. The molecule has 0 saturated heterocycles. The molecule has 0 aliphatic heterocycles. The molecule has 140 valence electrons. The molecule has 0 amide bonds. The van der Waals surface area contributed by atoms with Gasteiger partial charge < -0.3 is 14.6 Å². The number of hydrogen-bond acceptors (Lipinski definition) is 5. The van der Waals surface area contributed by atoms with Crippen LogP contribution in [0.3, 0.4) is 0 Å². The van der Waals surface area contributed by atoms with Gasteiger partial charge in [-0.25, -0.2) is 0 Å². The lowest BCUT2D eigenvalue weighted by molar-refractivity contribution is -0.195. The molecular formula is C21H20O6. The second-order valence-corrected chi connectivity index (χ2v) is 6.52. The van der Waals surface area contributed by atoms with Gasteiger partial charge in [0.15, 0.2) is 5.41 Å². The fourth-order valence-corrected chi connectivity index (χ4v) is 3.19. The Morgan fingerprint density at radius 3 is 1.63 bits per heavy atom. The average molecular weight is 368 g/mol. The normalized spacial score (nSPS) is 17.4. The van der Waals surface area contributed by atoms with Crippen molar-refractivity contribution in [3.05, 3.63) is 71.8 Å².